The Morgan fingerprint density at radius 2 is 1.46 bits per heavy atom. The van der Waals surface area contributed by atoms with Gasteiger partial charge in [0.25, 0.3) is 0 Å². The third kappa shape index (κ3) is 4.12. The van der Waals surface area contributed by atoms with E-state index in [1.165, 1.54) is 5.56 Å². The zero-order valence-electron chi connectivity index (χ0n) is 15.5. The molecular formula is C20H25ClN2O2S. The Hall–Kier alpha value is -1.40. The van der Waals surface area contributed by atoms with Gasteiger partial charge in [-0.1, -0.05) is 41.4 Å². The summed E-state index contributed by atoms with van der Waals surface area (Å²) >= 11 is 5.93. The first kappa shape index (κ1) is 19.4. The molecule has 1 aliphatic heterocycles. The highest BCUT2D eigenvalue weighted by atomic mass is 35.5. The third-order valence-electron chi connectivity index (χ3n) is 4.85. The predicted octanol–water partition coefficient (Wildman–Crippen LogP) is 3.77. The summed E-state index contributed by atoms with van der Waals surface area (Å²) in [5, 5.41) is 0.730. The van der Waals surface area contributed by atoms with Gasteiger partial charge in [-0.2, -0.15) is 4.31 Å². The Kier molecular flexibility index (Phi) is 5.72. The third-order valence-corrected chi connectivity index (χ3v) is 7.31. The van der Waals surface area contributed by atoms with E-state index in [9.17, 15) is 8.42 Å². The molecule has 4 nitrogen and oxygen atoms in total. The van der Waals surface area contributed by atoms with Crippen molar-refractivity contribution in [2.75, 3.05) is 26.2 Å². The molecule has 0 atom stereocenters. The van der Waals surface area contributed by atoms with Gasteiger partial charge in [-0.15, -0.1) is 0 Å². The van der Waals surface area contributed by atoms with Crippen LogP contribution in [-0.2, 0) is 16.6 Å². The largest absolute Gasteiger partial charge is 0.296 e. The molecule has 0 unspecified atom stereocenters. The monoisotopic (exact) mass is 392 g/mol. The second kappa shape index (κ2) is 7.69. The molecule has 1 saturated heterocycles. The molecule has 1 fully saturated rings. The molecular weight excluding hydrogens is 368 g/mol. The zero-order chi connectivity index (χ0) is 18.9. The average molecular weight is 393 g/mol. The maximum absolute atomic E-state index is 13.1. The standard InChI is InChI=1S/C20H25ClN2O2S/c1-15-12-16(2)20(17(3)13-15)26(24,25)23-10-8-22(9-11-23)14-18-4-6-19(21)7-5-18/h4-7,12-13H,8-11,14H2,1-3H3. The molecule has 140 valence electrons. The second-order valence-electron chi connectivity index (χ2n) is 7.03. The Labute approximate surface area is 161 Å². The van der Waals surface area contributed by atoms with E-state index in [0.29, 0.717) is 18.0 Å². The number of rotatable bonds is 4. The molecule has 1 aliphatic rings. The molecule has 26 heavy (non-hydrogen) atoms. The number of aryl methyl sites for hydroxylation is 3. The summed E-state index contributed by atoms with van der Waals surface area (Å²) in [6.45, 7) is 9.05. The van der Waals surface area contributed by atoms with Crippen LogP contribution in [0.1, 0.15) is 22.3 Å². The lowest BCUT2D eigenvalue weighted by Crippen LogP contribution is -2.48. The Morgan fingerprint density at radius 3 is 2.00 bits per heavy atom. The first-order chi connectivity index (χ1) is 12.3. The minimum atomic E-state index is -3.45. The summed E-state index contributed by atoms with van der Waals surface area (Å²) in [5.41, 5.74) is 3.93. The summed E-state index contributed by atoms with van der Waals surface area (Å²) in [5.74, 6) is 0. The van der Waals surface area contributed by atoms with Gasteiger partial charge in [-0.25, -0.2) is 8.42 Å². The summed E-state index contributed by atoms with van der Waals surface area (Å²) in [6.07, 6.45) is 0. The summed E-state index contributed by atoms with van der Waals surface area (Å²) in [4.78, 5) is 2.75. The van der Waals surface area contributed by atoms with Gasteiger partial charge in [0.15, 0.2) is 0 Å². The minimum absolute atomic E-state index is 0.467. The molecule has 6 heteroatoms. The smallest absolute Gasteiger partial charge is 0.243 e. The summed E-state index contributed by atoms with van der Waals surface area (Å²) in [6, 6.07) is 11.7. The Bertz CT molecular complexity index is 864. The lowest BCUT2D eigenvalue weighted by Gasteiger charge is -2.34. The molecule has 0 radical (unpaired) electrons. The van der Waals surface area contributed by atoms with Crippen LogP contribution in [0.15, 0.2) is 41.3 Å². The van der Waals surface area contributed by atoms with Gasteiger partial charge in [-0.05, 0) is 49.6 Å². The molecule has 0 saturated carbocycles. The highest BCUT2D eigenvalue weighted by Gasteiger charge is 2.30. The molecule has 2 aromatic carbocycles. The quantitative estimate of drug-likeness (QED) is 0.795. The van der Waals surface area contributed by atoms with Crippen LogP contribution in [0.25, 0.3) is 0 Å². The predicted molar refractivity (Wildman–Crippen MR) is 106 cm³/mol. The van der Waals surface area contributed by atoms with Crippen LogP contribution in [0.5, 0.6) is 0 Å². The molecule has 0 aromatic heterocycles. The van der Waals surface area contributed by atoms with Crippen molar-refractivity contribution in [3.8, 4) is 0 Å². The van der Waals surface area contributed by atoms with Crippen LogP contribution in [0.3, 0.4) is 0 Å². The van der Waals surface area contributed by atoms with E-state index in [0.717, 1.165) is 41.3 Å². The highest BCUT2D eigenvalue weighted by molar-refractivity contribution is 7.89. The number of benzene rings is 2. The average Bonchev–Trinajstić information content (AvgIpc) is 2.56. The minimum Gasteiger partial charge on any atom is -0.296 e. The van der Waals surface area contributed by atoms with Crippen molar-refractivity contribution in [3.05, 3.63) is 63.7 Å². The normalized spacial score (nSPS) is 16.8. The van der Waals surface area contributed by atoms with Crippen molar-refractivity contribution in [2.24, 2.45) is 0 Å². The molecule has 0 spiro atoms. The van der Waals surface area contributed by atoms with E-state index in [1.54, 1.807) is 4.31 Å². The van der Waals surface area contributed by atoms with Crippen LogP contribution in [0, 0.1) is 20.8 Å². The highest BCUT2D eigenvalue weighted by Crippen LogP contribution is 2.26. The van der Waals surface area contributed by atoms with Gasteiger partial charge in [-0.3, -0.25) is 4.90 Å². The zero-order valence-corrected chi connectivity index (χ0v) is 17.1. The molecule has 0 N–H and O–H groups in total. The lowest BCUT2D eigenvalue weighted by atomic mass is 10.1. The first-order valence-corrected chi connectivity index (χ1v) is 10.6. The van der Waals surface area contributed by atoms with Crippen LogP contribution in [0.4, 0.5) is 0 Å². The van der Waals surface area contributed by atoms with Crippen LogP contribution >= 0.6 is 11.6 Å². The van der Waals surface area contributed by atoms with Gasteiger partial charge < -0.3 is 0 Å². The molecule has 1 heterocycles. The van der Waals surface area contributed by atoms with Gasteiger partial charge in [0, 0.05) is 37.7 Å². The molecule has 0 bridgehead atoms. The van der Waals surface area contributed by atoms with Crippen LogP contribution in [-0.4, -0.2) is 43.8 Å². The summed E-state index contributed by atoms with van der Waals surface area (Å²) < 4.78 is 27.9. The van der Waals surface area contributed by atoms with E-state index in [4.69, 9.17) is 11.6 Å². The molecule has 2 aromatic rings. The van der Waals surface area contributed by atoms with Gasteiger partial charge in [0.2, 0.25) is 10.0 Å². The van der Waals surface area contributed by atoms with Crippen molar-refractivity contribution in [3.63, 3.8) is 0 Å². The van der Waals surface area contributed by atoms with Crippen molar-refractivity contribution in [1.82, 2.24) is 9.21 Å². The maximum Gasteiger partial charge on any atom is 0.243 e. The Morgan fingerprint density at radius 1 is 0.923 bits per heavy atom. The fourth-order valence-electron chi connectivity index (χ4n) is 3.68. The fraction of sp³-hybridized carbons (Fsp3) is 0.400. The van der Waals surface area contributed by atoms with Crippen LogP contribution in [0.2, 0.25) is 5.02 Å². The van der Waals surface area contributed by atoms with Crippen molar-refractivity contribution in [1.29, 1.82) is 0 Å². The van der Waals surface area contributed by atoms with Gasteiger partial charge in [0.05, 0.1) is 4.90 Å². The molecule has 0 amide bonds. The van der Waals surface area contributed by atoms with Gasteiger partial charge in [0.1, 0.15) is 0 Å². The maximum atomic E-state index is 13.1. The number of hydrogen-bond acceptors (Lipinski definition) is 3. The molecule has 0 aliphatic carbocycles. The van der Waals surface area contributed by atoms with Crippen LogP contribution < -0.4 is 0 Å². The number of nitrogens with zero attached hydrogens (tertiary/aromatic N) is 2. The second-order valence-corrected chi connectivity index (χ2v) is 9.35. The first-order valence-electron chi connectivity index (χ1n) is 8.82. The number of piperazine rings is 1. The number of sulfonamides is 1. The number of hydrogen-bond donors (Lipinski definition) is 0. The molecule has 3 rings (SSSR count). The van der Waals surface area contributed by atoms with Crippen molar-refractivity contribution >= 4 is 21.6 Å². The van der Waals surface area contributed by atoms with E-state index in [2.05, 4.69) is 4.90 Å². The summed E-state index contributed by atoms with van der Waals surface area (Å²) in [7, 11) is -3.45. The van der Waals surface area contributed by atoms with Crippen molar-refractivity contribution in [2.45, 2.75) is 32.2 Å². The topological polar surface area (TPSA) is 40.6 Å². The van der Waals surface area contributed by atoms with E-state index in [1.807, 2.05) is 57.2 Å². The Balaban J connectivity index is 1.70. The van der Waals surface area contributed by atoms with E-state index >= 15 is 0 Å². The SMILES string of the molecule is Cc1cc(C)c(S(=O)(=O)N2CCN(Cc3ccc(Cl)cc3)CC2)c(C)c1. The van der Waals surface area contributed by atoms with E-state index in [-0.39, 0.29) is 0 Å². The van der Waals surface area contributed by atoms with Gasteiger partial charge >= 0.3 is 0 Å². The van der Waals surface area contributed by atoms with Crippen molar-refractivity contribution < 1.29 is 8.42 Å². The number of halogens is 1. The fourth-order valence-corrected chi connectivity index (χ4v) is 5.64. The lowest BCUT2D eigenvalue weighted by molar-refractivity contribution is 0.181. The van der Waals surface area contributed by atoms with E-state index < -0.39 is 10.0 Å².